The van der Waals surface area contributed by atoms with Crippen LogP contribution in [-0.2, 0) is 10.0 Å². The third-order valence-corrected chi connectivity index (χ3v) is 8.15. The maximum Gasteiger partial charge on any atom is 0.262 e. The number of sulfonamides is 1. The number of nitrogens with one attached hydrogen (secondary N) is 1. The highest BCUT2D eigenvalue weighted by molar-refractivity contribution is 7.99. The predicted molar refractivity (Wildman–Crippen MR) is 106 cm³/mol. The Bertz CT molecular complexity index is 664. The minimum atomic E-state index is -3.59. The topological polar surface area (TPSA) is 66.5 Å². The van der Waals surface area contributed by atoms with Crippen LogP contribution in [0.3, 0.4) is 0 Å². The van der Waals surface area contributed by atoms with E-state index in [2.05, 4.69) is 19.2 Å². The molecule has 1 aliphatic heterocycles. The van der Waals surface area contributed by atoms with Crippen molar-refractivity contribution in [2.24, 2.45) is 5.92 Å². The molecule has 1 aromatic heterocycles. The molecule has 2 rings (SSSR count). The van der Waals surface area contributed by atoms with Crippen LogP contribution in [0, 0.1) is 5.92 Å². The van der Waals surface area contributed by atoms with Crippen LogP contribution in [0.1, 0.15) is 49.7 Å². The summed E-state index contributed by atoms with van der Waals surface area (Å²) < 4.78 is 27.2. The molecule has 0 saturated carbocycles. The summed E-state index contributed by atoms with van der Waals surface area (Å²) in [5.41, 5.74) is 0. The van der Waals surface area contributed by atoms with E-state index in [1.54, 1.807) is 23.2 Å². The number of amides is 1. The molecule has 8 heteroatoms. The van der Waals surface area contributed by atoms with Crippen molar-refractivity contribution in [2.75, 3.05) is 24.6 Å². The number of rotatable bonds is 8. The number of thioether (sulfide) groups is 1. The fraction of sp³-hybridized carbons (Fsp3) is 0.706. The van der Waals surface area contributed by atoms with Gasteiger partial charge in [0.2, 0.25) is 10.0 Å². The number of hydrogen-bond acceptors (Lipinski definition) is 5. The molecule has 0 spiro atoms. The summed E-state index contributed by atoms with van der Waals surface area (Å²) in [6.45, 7) is 7.36. The largest absolute Gasteiger partial charge is 0.349 e. The molecule has 0 aliphatic carbocycles. The summed E-state index contributed by atoms with van der Waals surface area (Å²) >= 11 is 2.95. The first kappa shape index (κ1) is 20.7. The van der Waals surface area contributed by atoms with Gasteiger partial charge in [0.15, 0.2) is 0 Å². The van der Waals surface area contributed by atoms with Crippen molar-refractivity contribution in [1.82, 2.24) is 9.62 Å². The Kier molecular flexibility index (Phi) is 7.79. The summed E-state index contributed by atoms with van der Waals surface area (Å²) in [6.07, 6.45) is 3.09. The Hall–Kier alpha value is -0.570. The zero-order valence-electron chi connectivity index (χ0n) is 15.2. The summed E-state index contributed by atoms with van der Waals surface area (Å²) in [7, 11) is -3.59. The number of thiophene rings is 1. The first-order chi connectivity index (χ1) is 11.8. The third kappa shape index (κ3) is 5.70. The molecule has 1 atom stereocenters. The van der Waals surface area contributed by atoms with Crippen LogP contribution >= 0.6 is 23.1 Å². The van der Waals surface area contributed by atoms with Gasteiger partial charge in [-0.3, -0.25) is 4.79 Å². The number of nitrogens with zero attached hydrogens (tertiary/aromatic N) is 1. The van der Waals surface area contributed by atoms with Crippen LogP contribution in [0.5, 0.6) is 0 Å². The van der Waals surface area contributed by atoms with Gasteiger partial charge in [-0.15, -0.1) is 11.3 Å². The van der Waals surface area contributed by atoms with Gasteiger partial charge in [-0.2, -0.15) is 16.1 Å². The summed E-state index contributed by atoms with van der Waals surface area (Å²) in [4.78, 5) is 13.0. The van der Waals surface area contributed by atoms with Gasteiger partial charge in [-0.05, 0) is 30.7 Å². The molecule has 1 aliphatic rings. The van der Waals surface area contributed by atoms with Crippen molar-refractivity contribution >= 4 is 39.0 Å². The van der Waals surface area contributed by atoms with Crippen molar-refractivity contribution in [3.05, 3.63) is 16.3 Å². The van der Waals surface area contributed by atoms with Crippen molar-refractivity contribution in [1.29, 1.82) is 0 Å². The Morgan fingerprint density at radius 1 is 1.24 bits per heavy atom. The van der Waals surface area contributed by atoms with Gasteiger partial charge < -0.3 is 5.32 Å². The zero-order valence-corrected chi connectivity index (χ0v) is 17.6. The molecular formula is C17H28N2O3S3. The van der Waals surface area contributed by atoms with Crippen LogP contribution in [0.15, 0.2) is 16.3 Å². The van der Waals surface area contributed by atoms with E-state index in [9.17, 15) is 13.2 Å². The van der Waals surface area contributed by atoms with Crippen LogP contribution in [-0.4, -0.2) is 49.3 Å². The lowest BCUT2D eigenvalue weighted by Gasteiger charge is -2.25. The number of carbonyl (C=O) groups is 1. The normalized spacial score (nSPS) is 17.6. The summed E-state index contributed by atoms with van der Waals surface area (Å²) in [5, 5.41) is 4.64. The van der Waals surface area contributed by atoms with Crippen molar-refractivity contribution < 1.29 is 13.2 Å². The highest BCUT2D eigenvalue weighted by Gasteiger charge is 2.31. The molecule has 2 heterocycles. The molecule has 5 nitrogen and oxygen atoms in total. The zero-order chi connectivity index (χ0) is 18.4. The summed E-state index contributed by atoms with van der Waals surface area (Å²) in [6, 6.07) is 1.59. The van der Waals surface area contributed by atoms with E-state index in [1.807, 2.05) is 6.92 Å². The molecule has 1 amide bonds. The van der Waals surface area contributed by atoms with E-state index >= 15 is 0 Å². The smallest absolute Gasteiger partial charge is 0.262 e. The lowest BCUT2D eigenvalue weighted by molar-refractivity contribution is 0.0938. The monoisotopic (exact) mass is 404 g/mol. The summed E-state index contributed by atoms with van der Waals surface area (Å²) in [5.74, 6) is 1.98. The quantitative estimate of drug-likeness (QED) is 0.721. The Morgan fingerprint density at radius 3 is 2.56 bits per heavy atom. The fourth-order valence-electron chi connectivity index (χ4n) is 2.79. The molecular weight excluding hydrogens is 376 g/mol. The number of carbonyl (C=O) groups excluding carboxylic acids is 1. The molecule has 142 valence electrons. The van der Waals surface area contributed by atoms with E-state index < -0.39 is 10.0 Å². The van der Waals surface area contributed by atoms with Gasteiger partial charge in [0.1, 0.15) is 9.77 Å². The highest BCUT2D eigenvalue weighted by Crippen LogP contribution is 2.27. The Labute approximate surface area is 159 Å². The maximum absolute atomic E-state index is 12.8. The molecule has 1 saturated heterocycles. The molecule has 1 aromatic rings. The number of hydrogen-bond donors (Lipinski definition) is 1. The first-order valence-corrected chi connectivity index (χ1v) is 12.3. The van der Waals surface area contributed by atoms with Gasteiger partial charge in [-0.1, -0.05) is 26.7 Å². The minimum absolute atomic E-state index is 0.0373. The van der Waals surface area contributed by atoms with E-state index in [1.165, 1.54) is 15.6 Å². The van der Waals surface area contributed by atoms with Gasteiger partial charge >= 0.3 is 0 Å². The lowest BCUT2D eigenvalue weighted by Crippen LogP contribution is -2.39. The van der Waals surface area contributed by atoms with Crippen molar-refractivity contribution in [2.45, 2.75) is 51.0 Å². The van der Waals surface area contributed by atoms with Crippen molar-refractivity contribution in [3.8, 4) is 0 Å². The van der Waals surface area contributed by atoms with Gasteiger partial charge in [0.05, 0.1) is 0 Å². The fourth-order valence-corrected chi connectivity index (χ4v) is 6.67. The standard InChI is InChI=1S/C17H28N2O3S3/c1-13(2)5-4-6-14(3)18-17(20)16-15(7-10-24-16)25(21,22)19-8-11-23-12-9-19/h7,10,13-14H,4-6,8-9,11-12H2,1-3H3,(H,18,20). The second kappa shape index (κ2) is 9.39. The maximum atomic E-state index is 12.8. The lowest BCUT2D eigenvalue weighted by atomic mass is 10.0. The van der Waals surface area contributed by atoms with Crippen LogP contribution in [0.2, 0.25) is 0 Å². The third-order valence-electron chi connectivity index (χ3n) is 4.22. The van der Waals surface area contributed by atoms with Crippen LogP contribution in [0.4, 0.5) is 0 Å². The van der Waals surface area contributed by atoms with Gasteiger partial charge in [-0.25, -0.2) is 8.42 Å². The molecule has 0 bridgehead atoms. The molecule has 1 unspecified atom stereocenters. The van der Waals surface area contributed by atoms with Crippen LogP contribution in [0.25, 0.3) is 0 Å². The molecule has 1 N–H and O–H groups in total. The average Bonchev–Trinajstić information content (AvgIpc) is 3.06. The highest BCUT2D eigenvalue weighted by atomic mass is 32.2. The van der Waals surface area contributed by atoms with E-state index in [0.717, 1.165) is 30.8 Å². The molecule has 0 radical (unpaired) electrons. The molecule has 0 aromatic carbocycles. The average molecular weight is 405 g/mol. The first-order valence-electron chi connectivity index (χ1n) is 8.78. The van der Waals surface area contributed by atoms with Crippen molar-refractivity contribution in [3.63, 3.8) is 0 Å². The molecule has 1 fully saturated rings. The molecule has 25 heavy (non-hydrogen) atoms. The van der Waals surface area contributed by atoms with Gasteiger partial charge in [0, 0.05) is 30.6 Å². The van der Waals surface area contributed by atoms with E-state index in [4.69, 9.17) is 0 Å². The Morgan fingerprint density at radius 2 is 1.92 bits per heavy atom. The Balaban J connectivity index is 2.03. The van der Waals surface area contributed by atoms with E-state index in [-0.39, 0.29) is 16.8 Å². The van der Waals surface area contributed by atoms with Crippen LogP contribution < -0.4 is 5.32 Å². The second-order valence-corrected chi connectivity index (χ2v) is 10.9. The van der Waals surface area contributed by atoms with E-state index in [0.29, 0.717) is 23.9 Å². The minimum Gasteiger partial charge on any atom is -0.349 e. The predicted octanol–water partition coefficient (Wildman–Crippen LogP) is 3.43. The second-order valence-electron chi connectivity index (χ2n) is 6.83. The van der Waals surface area contributed by atoms with Gasteiger partial charge in [0.25, 0.3) is 5.91 Å². The SMILES string of the molecule is CC(C)CCCC(C)NC(=O)c1sccc1S(=O)(=O)N1CCSCC1.